The van der Waals surface area contributed by atoms with Crippen LogP contribution in [0.3, 0.4) is 0 Å². The minimum absolute atomic E-state index is 0.143. The number of para-hydroxylation sites is 1. The second-order valence-corrected chi connectivity index (χ2v) is 5.33. The lowest BCUT2D eigenvalue weighted by atomic mass is 10.1. The van der Waals surface area contributed by atoms with Gasteiger partial charge in [0.1, 0.15) is 0 Å². The van der Waals surface area contributed by atoms with Gasteiger partial charge in [0, 0.05) is 5.38 Å². The highest BCUT2D eigenvalue weighted by molar-refractivity contribution is 6.20. The molecule has 0 amide bonds. The van der Waals surface area contributed by atoms with E-state index in [1.165, 1.54) is 12.8 Å². The van der Waals surface area contributed by atoms with Gasteiger partial charge >= 0.3 is 0 Å². The Labute approximate surface area is 122 Å². The molecule has 0 fully saturated rings. The summed E-state index contributed by atoms with van der Waals surface area (Å²) in [5.41, 5.74) is 1.12. The van der Waals surface area contributed by atoms with Crippen LogP contribution in [0.5, 0.6) is 11.5 Å². The first-order valence-electron chi connectivity index (χ1n) is 7.15. The number of hydrogen-bond donors (Lipinski definition) is 0. The van der Waals surface area contributed by atoms with Gasteiger partial charge in [0.15, 0.2) is 11.5 Å². The van der Waals surface area contributed by atoms with Crippen molar-refractivity contribution in [2.24, 2.45) is 0 Å². The number of hydrogen-bond acceptors (Lipinski definition) is 2. The topological polar surface area (TPSA) is 18.5 Å². The summed E-state index contributed by atoms with van der Waals surface area (Å²) in [6.07, 6.45) is 5.24. The molecule has 0 radical (unpaired) electrons. The van der Waals surface area contributed by atoms with Crippen LogP contribution in [0.4, 0.5) is 0 Å². The highest BCUT2D eigenvalue weighted by atomic mass is 35.5. The lowest BCUT2D eigenvalue weighted by Crippen LogP contribution is -2.05. The summed E-state index contributed by atoms with van der Waals surface area (Å²) in [7, 11) is 1.69. The van der Waals surface area contributed by atoms with Gasteiger partial charge < -0.3 is 9.47 Å². The van der Waals surface area contributed by atoms with Crippen LogP contribution in [0.2, 0.25) is 0 Å². The number of methoxy groups -OCH3 is 1. The second-order valence-electron chi connectivity index (χ2n) is 4.71. The predicted molar refractivity (Wildman–Crippen MR) is 81.7 cm³/mol. The van der Waals surface area contributed by atoms with Crippen molar-refractivity contribution < 1.29 is 9.47 Å². The van der Waals surface area contributed by atoms with Crippen molar-refractivity contribution in [3.8, 4) is 11.5 Å². The average Bonchev–Trinajstić information content (AvgIpc) is 2.43. The molecule has 0 aromatic heterocycles. The number of unbranched alkanes of at least 4 members (excludes halogenated alkanes) is 2. The van der Waals surface area contributed by atoms with Crippen LogP contribution in [-0.4, -0.2) is 19.1 Å². The molecule has 19 heavy (non-hydrogen) atoms. The molecule has 2 nitrogen and oxygen atoms in total. The van der Waals surface area contributed by atoms with E-state index in [0.29, 0.717) is 0 Å². The molecule has 1 aromatic carbocycles. The molecule has 108 valence electrons. The van der Waals surface area contributed by atoms with Crippen LogP contribution in [0.1, 0.15) is 45.1 Å². The van der Waals surface area contributed by atoms with Crippen LogP contribution >= 0.6 is 11.6 Å². The number of rotatable bonds is 9. The van der Waals surface area contributed by atoms with Gasteiger partial charge in [0.25, 0.3) is 0 Å². The standard InChI is InChI=1S/C16H25ClO2/c1-4-6-7-11-19-15-10-8-9-13(16(15)18-3)12-14(17)5-2/h8-10,14H,4-7,11-12H2,1-3H3. The molecular weight excluding hydrogens is 260 g/mol. The third-order valence-corrected chi connectivity index (χ3v) is 3.62. The monoisotopic (exact) mass is 284 g/mol. The van der Waals surface area contributed by atoms with E-state index in [1.54, 1.807) is 7.11 Å². The molecule has 1 unspecified atom stereocenters. The Morgan fingerprint density at radius 3 is 2.63 bits per heavy atom. The normalized spacial score (nSPS) is 12.2. The quantitative estimate of drug-likeness (QED) is 0.478. The Hall–Kier alpha value is -0.890. The fraction of sp³-hybridized carbons (Fsp3) is 0.625. The molecule has 1 aromatic rings. The molecule has 0 saturated heterocycles. The lowest BCUT2D eigenvalue weighted by molar-refractivity contribution is 0.284. The number of alkyl halides is 1. The van der Waals surface area contributed by atoms with Crippen LogP contribution in [0, 0.1) is 0 Å². The van der Waals surface area contributed by atoms with Crippen LogP contribution in [-0.2, 0) is 6.42 Å². The van der Waals surface area contributed by atoms with E-state index in [9.17, 15) is 0 Å². The maximum absolute atomic E-state index is 6.23. The number of halogens is 1. The van der Waals surface area contributed by atoms with E-state index in [0.717, 1.165) is 42.9 Å². The Balaban J connectivity index is 2.72. The zero-order chi connectivity index (χ0) is 14.1. The van der Waals surface area contributed by atoms with Crippen molar-refractivity contribution in [2.75, 3.05) is 13.7 Å². The highest BCUT2D eigenvalue weighted by Crippen LogP contribution is 2.32. The SMILES string of the molecule is CCCCCOc1cccc(CC(Cl)CC)c1OC. The number of ether oxygens (including phenoxy) is 2. The smallest absolute Gasteiger partial charge is 0.163 e. The van der Waals surface area contributed by atoms with Crippen molar-refractivity contribution >= 4 is 11.6 Å². The van der Waals surface area contributed by atoms with Crippen molar-refractivity contribution in [3.63, 3.8) is 0 Å². The molecule has 0 spiro atoms. The average molecular weight is 285 g/mol. The first kappa shape index (κ1) is 16.2. The largest absolute Gasteiger partial charge is 0.493 e. The zero-order valence-corrected chi connectivity index (χ0v) is 13.0. The second kappa shape index (κ2) is 9.08. The van der Waals surface area contributed by atoms with E-state index in [2.05, 4.69) is 19.9 Å². The molecule has 0 heterocycles. The van der Waals surface area contributed by atoms with Gasteiger partial charge in [-0.15, -0.1) is 11.6 Å². The van der Waals surface area contributed by atoms with E-state index in [4.69, 9.17) is 21.1 Å². The Bertz CT molecular complexity index is 366. The van der Waals surface area contributed by atoms with E-state index < -0.39 is 0 Å². The molecule has 0 N–H and O–H groups in total. The maximum Gasteiger partial charge on any atom is 0.163 e. The zero-order valence-electron chi connectivity index (χ0n) is 12.2. The molecule has 0 aliphatic rings. The fourth-order valence-corrected chi connectivity index (χ4v) is 2.15. The number of benzene rings is 1. The van der Waals surface area contributed by atoms with Gasteiger partial charge in [-0.05, 0) is 30.9 Å². The summed E-state index contributed by atoms with van der Waals surface area (Å²) in [4.78, 5) is 0. The van der Waals surface area contributed by atoms with Crippen LogP contribution in [0.15, 0.2) is 18.2 Å². The molecule has 1 atom stereocenters. The lowest BCUT2D eigenvalue weighted by Gasteiger charge is -2.15. The van der Waals surface area contributed by atoms with Gasteiger partial charge in [-0.2, -0.15) is 0 Å². The molecule has 0 aliphatic carbocycles. The van der Waals surface area contributed by atoms with Crippen molar-refractivity contribution in [3.05, 3.63) is 23.8 Å². The first-order chi connectivity index (χ1) is 9.22. The Morgan fingerprint density at radius 1 is 1.21 bits per heavy atom. The van der Waals surface area contributed by atoms with Crippen molar-refractivity contribution in [1.82, 2.24) is 0 Å². The van der Waals surface area contributed by atoms with E-state index >= 15 is 0 Å². The Morgan fingerprint density at radius 2 is 2.00 bits per heavy atom. The summed E-state index contributed by atoms with van der Waals surface area (Å²) in [5, 5.41) is 0.143. The minimum atomic E-state index is 0.143. The van der Waals surface area contributed by atoms with Gasteiger partial charge in [-0.25, -0.2) is 0 Å². The molecule has 0 aliphatic heterocycles. The molecule has 1 rings (SSSR count). The van der Waals surface area contributed by atoms with Crippen molar-refractivity contribution in [2.45, 2.75) is 51.3 Å². The summed E-state index contributed by atoms with van der Waals surface area (Å²) in [5.74, 6) is 1.66. The van der Waals surface area contributed by atoms with Crippen molar-refractivity contribution in [1.29, 1.82) is 0 Å². The molecule has 0 bridgehead atoms. The van der Waals surface area contributed by atoms with Gasteiger partial charge in [0.05, 0.1) is 13.7 Å². The fourth-order valence-electron chi connectivity index (χ4n) is 1.98. The third-order valence-electron chi connectivity index (χ3n) is 3.15. The van der Waals surface area contributed by atoms with Gasteiger partial charge in [0.2, 0.25) is 0 Å². The third kappa shape index (κ3) is 5.32. The molecule has 0 saturated carbocycles. The first-order valence-corrected chi connectivity index (χ1v) is 7.59. The van der Waals surface area contributed by atoms with Gasteiger partial charge in [-0.1, -0.05) is 38.8 Å². The summed E-state index contributed by atoms with van der Waals surface area (Å²) < 4.78 is 11.3. The summed E-state index contributed by atoms with van der Waals surface area (Å²) >= 11 is 6.23. The maximum atomic E-state index is 6.23. The Kier molecular flexibility index (Phi) is 7.73. The summed E-state index contributed by atoms with van der Waals surface area (Å²) in [6.45, 7) is 5.02. The van der Waals surface area contributed by atoms with Gasteiger partial charge in [-0.3, -0.25) is 0 Å². The van der Waals surface area contributed by atoms with Crippen LogP contribution < -0.4 is 9.47 Å². The van der Waals surface area contributed by atoms with E-state index in [1.807, 2.05) is 12.1 Å². The minimum Gasteiger partial charge on any atom is -0.493 e. The summed E-state index contributed by atoms with van der Waals surface area (Å²) in [6, 6.07) is 6.03. The van der Waals surface area contributed by atoms with Crippen LogP contribution in [0.25, 0.3) is 0 Å². The molecular formula is C16H25ClO2. The molecule has 3 heteroatoms. The van der Waals surface area contributed by atoms with E-state index in [-0.39, 0.29) is 5.38 Å². The predicted octanol–water partition coefficient (Wildman–Crippen LogP) is 4.82. The highest BCUT2D eigenvalue weighted by Gasteiger charge is 2.13.